The lowest BCUT2D eigenvalue weighted by atomic mass is 10.4. The minimum absolute atomic E-state index is 0.193. The number of hydrogen-bond donors (Lipinski definition) is 0. The number of hydrogen-bond acceptors (Lipinski definition) is 4. The molecule has 0 bridgehead atoms. The van der Waals surface area contributed by atoms with Gasteiger partial charge in [0.15, 0.2) is 0 Å². The lowest BCUT2D eigenvalue weighted by Gasteiger charge is -1.93. The molecule has 14 heavy (non-hydrogen) atoms. The smallest absolute Gasteiger partial charge is 0.332 e. The molecule has 0 heterocycles. The van der Waals surface area contributed by atoms with E-state index < -0.39 is 0 Å². The Morgan fingerprint density at radius 2 is 1.79 bits per heavy atom. The first-order valence-corrected chi connectivity index (χ1v) is 4.32. The normalized spacial score (nSPS) is 8.00. The number of carbonyl (C=O) groups is 2. The summed E-state index contributed by atoms with van der Waals surface area (Å²) in [7, 11) is 1.33. The van der Waals surface area contributed by atoms with Gasteiger partial charge < -0.3 is 9.47 Å². The second-order valence-corrected chi connectivity index (χ2v) is 2.61. The van der Waals surface area contributed by atoms with Gasteiger partial charge in [0.1, 0.15) is 0 Å². The molecule has 0 aliphatic heterocycles. The van der Waals surface area contributed by atoms with E-state index in [2.05, 4.69) is 16.1 Å². The summed E-state index contributed by atoms with van der Waals surface area (Å²) in [6.07, 6.45) is 0.902. The lowest BCUT2D eigenvalue weighted by molar-refractivity contribution is -0.141. The van der Waals surface area contributed by atoms with Gasteiger partial charge >= 0.3 is 11.9 Å². The minimum atomic E-state index is -0.347. The van der Waals surface area contributed by atoms with Gasteiger partial charge in [0.25, 0.3) is 0 Å². The van der Waals surface area contributed by atoms with Gasteiger partial charge in [0, 0.05) is 12.5 Å². The Hall–Kier alpha value is -1.32. The molecule has 0 unspecified atom stereocenters. The molecule has 0 rings (SSSR count). The monoisotopic (exact) mass is 202 g/mol. The van der Waals surface area contributed by atoms with Crippen LogP contribution in [0.5, 0.6) is 0 Å². The predicted molar refractivity (Wildman–Crippen MR) is 53.8 cm³/mol. The van der Waals surface area contributed by atoms with Gasteiger partial charge in [0.05, 0.1) is 13.7 Å². The first-order chi connectivity index (χ1) is 6.45. The van der Waals surface area contributed by atoms with E-state index in [1.807, 2.05) is 6.92 Å². The predicted octanol–water partition coefficient (Wildman–Crippen LogP) is 1.70. The van der Waals surface area contributed by atoms with E-state index in [9.17, 15) is 9.59 Å². The van der Waals surface area contributed by atoms with Crippen LogP contribution in [0.25, 0.3) is 0 Å². The van der Waals surface area contributed by atoms with Crippen molar-refractivity contribution in [2.24, 2.45) is 0 Å². The van der Waals surface area contributed by atoms with E-state index in [1.54, 1.807) is 6.92 Å². The zero-order chi connectivity index (χ0) is 11.6. The molecule has 82 valence electrons. The van der Waals surface area contributed by atoms with Crippen LogP contribution in [0.4, 0.5) is 0 Å². The minimum Gasteiger partial charge on any atom is -0.466 e. The number of methoxy groups -OCH3 is 1. The standard InChI is InChI=1S/C5H8O2.C5H10O2/c1-4(2)5(6)7-3;1-3-4-7-5(2)6/h1H2,2-3H3;3-4H2,1-2H3. The lowest BCUT2D eigenvalue weighted by Crippen LogP contribution is -1.98. The maximum absolute atomic E-state index is 10.2. The van der Waals surface area contributed by atoms with E-state index in [4.69, 9.17) is 0 Å². The fourth-order valence-corrected chi connectivity index (χ4v) is 0.420. The van der Waals surface area contributed by atoms with Gasteiger partial charge in [0.2, 0.25) is 0 Å². The first kappa shape index (κ1) is 15.2. The quantitative estimate of drug-likeness (QED) is 0.516. The van der Waals surface area contributed by atoms with E-state index in [0.29, 0.717) is 12.2 Å². The Balaban J connectivity index is 0. The molecular formula is C10H18O4. The molecule has 0 saturated carbocycles. The van der Waals surface area contributed by atoms with Crippen molar-refractivity contribution in [1.82, 2.24) is 0 Å². The SMILES string of the molecule is C=C(C)C(=O)OC.CCCOC(C)=O. The van der Waals surface area contributed by atoms with Crippen LogP contribution in [0.1, 0.15) is 27.2 Å². The van der Waals surface area contributed by atoms with Crippen LogP contribution in [0, 0.1) is 0 Å². The van der Waals surface area contributed by atoms with Crippen molar-refractivity contribution in [1.29, 1.82) is 0 Å². The summed E-state index contributed by atoms with van der Waals surface area (Å²) in [5.41, 5.74) is 0.433. The molecule has 0 atom stereocenters. The third-order valence-electron chi connectivity index (χ3n) is 1.04. The highest BCUT2D eigenvalue weighted by atomic mass is 16.5. The van der Waals surface area contributed by atoms with E-state index in [-0.39, 0.29) is 11.9 Å². The van der Waals surface area contributed by atoms with Gasteiger partial charge in [-0.3, -0.25) is 4.79 Å². The molecule has 0 aliphatic carbocycles. The molecule has 0 aromatic rings. The summed E-state index contributed by atoms with van der Waals surface area (Å²) in [4.78, 5) is 20.2. The van der Waals surface area contributed by atoms with Crippen LogP contribution < -0.4 is 0 Å². The van der Waals surface area contributed by atoms with E-state index in [1.165, 1.54) is 14.0 Å². The molecule has 0 spiro atoms. The van der Waals surface area contributed by atoms with Crippen LogP contribution in [0.2, 0.25) is 0 Å². The Morgan fingerprint density at radius 1 is 1.29 bits per heavy atom. The van der Waals surface area contributed by atoms with Gasteiger partial charge in [-0.05, 0) is 13.3 Å². The number of esters is 2. The highest BCUT2D eigenvalue weighted by Crippen LogP contribution is 1.87. The highest BCUT2D eigenvalue weighted by molar-refractivity contribution is 5.86. The molecule has 0 N–H and O–H groups in total. The van der Waals surface area contributed by atoms with Crippen LogP contribution >= 0.6 is 0 Å². The fourth-order valence-electron chi connectivity index (χ4n) is 0.420. The molecule has 0 amide bonds. The van der Waals surface area contributed by atoms with Crippen LogP contribution in [0.15, 0.2) is 12.2 Å². The van der Waals surface area contributed by atoms with Crippen LogP contribution in [-0.2, 0) is 19.1 Å². The summed E-state index contributed by atoms with van der Waals surface area (Å²) in [6.45, 7) is 8.88. The summed E-state index contributed by atoms with van der Waals surface area (Å²) in [5, 5.41) is 0. The van der Waals surface area contributed by atoms with Crippen molar-refractivity contribution in [2.45, 2.75) is 27.2 Å². The summed E-state index contributed by atoms with van der Waals surface area (Å²) < 4.78 is 8.83. The third-order valence-corrected chi connectivity index (χ3v) is 1.04. The van der Waals surface area contributed by atoms with Crippen LogP contribution in [0.3, 0.4) is 0 Å². The number of rotatable bonds is 3. The Kier molecular flexibility index (Phi) is 10.6. The second-order valence-electron chi connectivity index (χ2n) is 2.61. The van der Waals surface area contributed by atoms with Crippen LogP contribution in [-0.4, -0.2) is 25.7 Å². The molecule has 0 radical (unpaired) electrons. The second kappa shape index (κ2) is 9.77. The van der Waals surface area contributed by atoms with Crippen molar-refractivity contribution in [3.05, 3.63) is 12.2 Å². The van der Waals surface area contributed by atoms with Crippen molar-refractivity contribution >= 4 is 11.9 Å². The van der Waals surface area contributed by atoms with Crippen molar-refractivity contribution in [3.63, 3.8) is 0 Å². The molecule has 0 saturated heterocycles. The molecule has 0 aromatic carbocycles. The Labute approximate surface area is 84.9 Å². The molecule has 4 nitrogen and oxygen atoms in total. The molecule has 0 aromatic heterocycles. The molecule has 0 fully saturated rings. The topological polar surface area (TPSA) is 52.6 Å². The van der Waals surface area contributed by atoms with Gasteiger partial charge in [-0.25, -0.2) is 4.79 Å². The van der Waals surface area contributed by atoms with Crippen molar-refractivity contribution < 1.29 is 19.1 Å². The van der Waals surface area contributed by atoms with Gasteiger partial charge in [-0.2, -0.15) is 0 Å². The first-order valence-electron chi connectivity index (χ1n) is 4.32. The maximum Gasteiger partial charge on any atom is 0.332 e. The highest BCUT2D eigenvalue weighted by Gasteiger charge is 1.95. The fraction of sp³-hybridized carbons (Fsp3) is 0.600. The number of ether oxygens (including phenoxy) is 2. The summed E-state index contributed by atoms with van der Waals surface area (Å²) in [5.74, 6) is -0.540. The molecular weight excluding hydrogens is 184 g/mol. The largest absolute Gasteiger partial charge is 0.466 e. The average Bonchev–Trinajstić information content (AvgIpc) is 2.14. The summed E-state index contributed by atoms with van der Waals surface area (Å²) in [6, 6.07) is 0. The Morgan fingerprint density at radius 3 is 1.86 bits per heavy atom. The number of carbonyl (C=O) groups excluding carboxylic acids is 2. The van der Waals surface area contributed by atoms with E-state index >= 15 is 0 Å². The van der Waals surface area contributed by atoms with E-state index in [0.717, 1.165) is 6.42 Å². The maximum atomic E-state index is 10.2. The average molecular weight is 202 g/mol. The van der Waals surface area contributed by atoms with Crippen molar-refractivity contribution in [3.8, 4) is 0 Å². The zero-order valence-corrected chi connectivity index (χ0v) is 9.25. The van der Waals surface area contributed by atoms with Gasteiger partial charge in [-0.15, -0.1) is 0 Å². The molecule has 4 heteroatoms. The Bertz CT molecular complexity index is 196. The summed E-state index contributed by atoms with van der Waals surface area (Å²) >= 11 is 0. The van der Waals surface area contributed by atoms with Gasteiger partial charge in [-0.1, -0.05) is 13.5 Å². The van der Waals surface area contributed by atoms with Crippen molar-refractivity contribution in [2.75, 3.05) is 13.7 Å². The third kappa shape index (κ3) is 13.3. The zero-order valence-electron chi connectivity index (χ0n) is 9.25. The molecule has 0 aliphatic rings.